The molecule has 0 saturated carbocycles. The van der Waals surface area contributed by atoms with Crippen molar-refractivity contribution in [2.75, 3.05) is 23.5 Å². The molecule has 86 valence electrons. The van der Waals surface area contributed by atoms with Gasteiger partial charge >= 0.3 is 0 Å². The van der Waals surface area contributed by atoms with Crippen LogP contribution in [0.4, 0.5) is 5.95 Å². The van der Waals surface area contributed by atoms with E-state index in [1.165, 1.54) is 12.2 Å². The van der Waals surface area contributed by atoms with Crippen molar-refractivity contribution in [2.45, 2.75) is 12.5 Å². The van der Waals surface area contributed by atoms with Crippen LogP contribution in [0.1, 0.15) is 12.1 Å². The molecule has 0 radical (unpaired) electrons. The Morgan fingerprint density at radius 1 is 1.69 bits per heavy atom. The SMILES string of the molecule is CN(c1nccc(C(N)=S)n1)C1CCSC1. The number of hydrogen-bond acceptors (Lipinski definition) is 5. The molecule has 1 unspecified atom stereocenters. The van der Waals surface area contributed by atoms with Crippen LogP contribution in [-0.2, 0) is 0 Å². The Balaban J connectivity index is 2.18. The molecule has 0 spiro atoms. The van der Waals surface area contributed by atoms with Gasteiger partial charge in [0.25, 0.3) is 0 Å². The summed E-state index contributed by atoms with van der Waals surface area (Å²) in [6.45, 7) is 0. The van der Waals surface area contributed by atoms with Gasteiger partial charge < -0.3 is 10.6 Å². The maximum atomic E-state index is 5.55. The Hall–Kier alpha value is -0.880. The van der Waals surface area contributed by atoms with E-state index in [1.54, 1.807) is 12.3 Å². The highest BCUT2D eigenvalue weighted by atomic mass is 32.2. The van der Waals surface area contributed by atoms with E-state index in [9.17, 15) is 0 Å². The summed E-state index contributed by atoms with van der Waals surface area (Å²) in [7, 11) is 2.02. The Morgan fingerprint density at radius 3 is 3.12 bits per heavy atom. The summed E-state index contributed by atoms with van der Waals surface area (Å²) in [4.78, 5) is 11.0. The summed E-state index contributed by atoms with van der Waals surface area (Å²) < 4.78 is 0. The van der Waals surface area contributed by atoms with Crippen molar-refractivity contribution in [3.63, 3.8) is 0 Å². The topological polar surface area (TPSA) is 55.0 Å². The zero-order chi connectivity index (χ0) is 11.5. The third-order valence-electron chi connectivity index (χ3n) is 2.66. The van der Waals surface area contributed by atoms with Gasteiger partial charge in [0.2, 0.25) is 5.95 Å². The van der Waals surface area contributed by atoms with Crippen molar-refractivity contribution < 1.29 is 0 Å². The monoisotopic (exact) mass is 254 g/mol. The van der Waals surface area contributed by atoms with Crippen molar-refractivity contribution in [3.8, 4) is 0 Å². The third kappa shape index (κ3) is 2.44. The lowest BCUT2D eigenvalue weighted by molar-refractivity contribution is 0.681. The van der Waals surface area contributed by atoms with Crippen LogP contribution in [0, 0.1) is 0 Å². The first-order chi connectivity index (χ1) is 7.68. The van der Waals surface area contributed by atoms with Crippen LogP contribution in [0.5, 0.6) is 0 Å². The number of nitrogens with zero attached hydrogens (tertiary/aromatic N) is 3. The molecular formula is C10H14N4S2. The van der Waals surface area contributed by atoms with E-state index in [0.717, 1.165) is 5.75 Å². The molecule has 4 nitrogen and oxygen atoms in total. The second kappa shape index (κ2) is 4.97. The van der Waals surface area contributed by atoms with Gasteiger partial charge in [0.1, 0.15) is 10.7 Å². The molecule has 16 heavy (non-hydrogen) atoms. The zero-order valence-electron chi connectivity index (χ0n) is 9.09. The van der Waals surface area contributed by atoms with Crippen LogP contribution in [0.3, 0.4) is 0 Å². The van der Waals surface area contributed by atoms with Crippen molar-refractivity contribution in [1.29, 1.82) is 0 Å². The van der Waals surface area contributed by atoms with Gasteiger partial charge in [-0.2, -0.15) is 11.8 Å². The van der Waals surface area contributed by atoms with E-state index >= 15 is 0 Å². The van der Waals surface area contributed by atoms with Gasteiger partial charge in [-0.1, -0.05) is 12.2 Å². The zero-order valence-corrected chi connectivity index (χ0v) is 10.7. The fourth-order valence-corrected chi connectivity index (χ4v) is 3.03. The number of thioether (sulfide) groups is 1. The van der Waals surface area contributed by atoms with Gasteiger partial charge in [-0.05, 0) is 18.2 Å². The molecule has 1 fully saturated rings. The number of hydrogen-bond donors (Lipinski definition) is 1. The quantitative estimate of drug-likeness (QED) is 0.814. The molecular weight excluding hydrogens is 240 g/mol. The molecule has 1 aromatic heterocycles. The van der Waals surface area contributed by atoms with E-state index in [0.29, 0.717) is 22.7 Å². The summed E-state index contributed by atoms with van der Waals surface area (Å²) in [6.07, 6.45) is 2.89. The van der Waals surface area contributed by atoms with E-state index in [1.807, 2.05) is 18.8 Å². The first-order valence-corrected chi connectivity index (χ1v) is 6.68. The summed E-state index contributed by atoms with van der Waals surface area (Å²) in [6, 6.07) is 2.26. The normalized spacial score (nSPS) is 19.7. The third-order valence-corrected chi connectivity index (χ3v) is 4.02. The lowest BCUT2D eigenvalue weighted by Crippen LogP contribution is -2.33. The largest absolute Gasteiger partial charge is 0.388 e. The highest BCUT2D eigenvalue weighted by molar-refractivity contribution is 7.99. The molecule has 2 rings (SSSR count). The van der Waals surface area contributed by atoms with Crippen LogP contribution in [0.2, 0.25) is 0 Å². The second-order valence-corrected chi connectivity index (χ2v) is 5.32. The fraction of sp³-hybridized carbons (Fsp3) is 0.500. The van der Waals surface area contributed by atoms with E-state index in [-0.39, 0.29) is 0 Å². The fourth-order valence-electron chi connectivity index (χ4n) is 1.65. The van der Waals surface area contributed by atoms with E-state index in [4.69, 9.17) is 18.0 Å². The molecule has 1 aromatic rings. The predicted molar refractivity (Wildman–Crippen MR) is 72.1 cm³/mol. The van der Waals surface area contributed by atoms with Gasteiger partial charge in [-0.15, -0.1) is 0 Å². The van der Waals surface area contributed by atoms with Crippen LogP contribution in [-0.4, -0.2) is 39.6 Å². The number of thiocarbonyl (C=S) groups is 1. The standard InChI is InChI=1S/C10H14N4S2/c1-14(7-3-5-16-6-7)10-12-4-2-8(13-10)9(11)15/h2,4,7H,3,5-6H2,1H3,(H2,11,15). The van der Waals surface area contributed by atoms with Crippen LogP contribution < -0.4 is 10.6 Å². The summed E-state index contributed by atoms with van der Waals surface area (Å²) in [5.74, 6) is 3.05. The molecule has 0 bridgehead atoms. The van der Waals surface area contributed by atoms with Crippen LogP contribution >= 0.6 is 24.0 Å². The molecule has 1 saturated heterocycles. The smallest absolute Gasteiger partial charge is 0.225 e. The number of nitrogens with two attached hydrogens (primary N) is 1. The van der Waals surface area contributed by atoms with Gasteiger partial charge in [0.05, 0.1) is 0 Å². The Morgan fingerprint density at radius 2 is 2.50 bits per heavy atom. The molecule has 6 heteroatoms. The second-order valence-electron chi connectivity index (χ2n) is 3.73. The number of anilines is 1. The molecule has 1 atom stereocenters. The molecule has 2 heterocycles. The minimum Gasteiger partial charge on any atom is -0.388 e. The lowest BCUT2D eigenvalue weighted by Gasteiger charge is -2.23. The first-order valence-electron chi connectivity index (χ1n) is 5.12. The highest BCUT2D eigenvalue weighted by Crippen LogP contribution is 2.23. The predicted octanol–water partition coefficient (Wildman–Crippen LogP) is 1.05. The van der Waals surface area contributed by atoms with Crippen molar-refractivity contribution in [2.24, 2.45) is 5.73 Å². The summed E-state index contributed by atoms with van der Waals surface area (Å²) >= 11 is 6.88. The minimum absolute atomic E-state index is 0.317. The maximum absolute atomic E-state index is 5.55. The maximum Gasteiger partial charge on any atom is 0.225 e. The van der Waals surface area contributed by atoms with Crippen LogP contribution in [0.15, 0.2) is 12.3 Å². The number of aromatic nitrogens is 2. The molecule has 0 aliphatic carbocycles. The highest BCUT2D eigenvalue weighted by Gasteiger charge is 2.22. The average molecular weight is 254 g/mol. The Kier molecular flexibility index (Phi) is 3.60. The summed E-state index contributed by atoms with van der Waals surface area (Å²) in [5, 5.41) is 0. The molecule has 1 aliphatic rings. The van der Waals surface area contributed by atoms with Crippen LogP contribution in [0.25, 0.3) is 0 Å². The first kappa shape index (κ1) is 11.6. The molecule has 1 aliphatic heterocycles. The lowest BCUT2D eigenvalue weighted by atomic mass is 10.2. The number of rotatable bonds is 3. The van der Waals surface area contributed by atoms with E-state index < -0.39 is 0 Å². The van der Waals surface area contributed by atoms with Crippen molar-refractivity contribution >= 4 is 34.9 Å². The summed E-state index contributed by atoms with van der Waals surface area (Å²) in [5.41, 5.74) is 6.19. The van der Waals surface area contributed by atoms with Crippen molar-refractivity contribution in [3.05, 3.63) is 18.0 Å². The molecule has 0 aromatic carbocycles. The minimum atomic E-state index is 0.317. The molecule has 0 amide bonds. The van der Waals surface area contributed by atoms with E-state index in [2.05, 4.69) is 14.9 Å². The van der Waals surface area contributed by atoms with Crippen molar-refractivity contribution in [1.82, 2.24) is 9.97 Å². The Bertz CT molecular complexity index is 390. The average Bonchev–Trinajstić information content (AvgIpc) is 2.81. The van der Waals surface area contributed by atoms with Gasteiger partial charge in [-0.3, -0.25) is 0 Å². The van der Waals surface area contributed by atoms with Gasteiger partial charge in [-0.25, -0.2) is 9.97 Å². The molecule has 2 N–H and O–H groups in total. The Labute approximate surface area is 105 Å². The van der Waals surface area contributed by atoms with Gasteiger partial charge in [0.15, 0.2) is 0 Å². The van der Waals surface area contributed by atoms with Gasteiger partial charge in [0, 0.05) is 25.0 Å².